The van der Waals surface area contributed by atoms with Gasteiger partial charge in [0.05, 0.1) is 6.04 Å². The van der Waals surface area contributed by atoms with E-state index < -0.39 is 6.04 Å². The van der Waals surface area contributed by atoms with Crippen molar-refractivity contribution in [1.29, 1.82) is 0 Å². The fraction of sp³-hybridized carbons (Fsp3) is 0.429. The van der Waals surface area contributed by atoms with E-state index in [-0.39, 0.29) is 30.4 Å². The molecule has 33 heavy (non-hydrogen) atoms. The zero-order valence-electron chi connectivity index (χ0n) is 19.2. The summed E-state index contributed by atoms with van der Waals surface area (Å²) < 4.78 is 0. The molecule has 2 aliphatic heterocycles. The quantitative estimate of drug-likeness (QED) is 0.576. The number of aromatic amines is 1. The second-order valence-electron chi connectivity index (χ2n) is 9.95. The third-order valence-electron chi connectivity index (χ3n) is 8.04. The number of nitrogens with zero attached hydrogens (tertiary/aromatic N) is 2. The van der Waals surface area contributed by atoms with Gasteiger partial charge < -0.3 is 14.8 Å². The summed E-state index contributed by atoms with van der Waals surface area (Å²) in [5.74, 6) is 0.206. The SMILES string of the molecule is Cc1ccccc1C1c2[nH]c3ccccc3c2C[C@H]2C(=O)N(C3CCCCCC3)CC(=O)N12. The Morgan fingerprint density at radius 1 is 0.909 bits per heavy atom. The van der Waals surface area contributed by atoms with Gasteiger partial charge in [-0.3, -0.25) is 9.59 Å². The Balaban J connectivity index is 1.48. The van der Waals surface area contributed by atoms with E-state index in [0.29, 0.717) is 6.42 Å². The van der Waals surface area contributed by atoms with Crippen molar-refractivity contribution >= 4 is 22.7 Å². The average molecular weight is 442 g/mol. The van der Waals surface area contributed by atoms with E-state index in [9.17, 15) is 9.59 Å². The van der Waals surface area contributed by atoms with Crippen molar-refractivity contribution < 1.29 is 9.59 Å². The highest BCUT2D eigenvalue weighted by Gasteiger charge is 2.49. The van der Waals surface area contributed by atoms with Crippen LogP contribution >= 0.6 is 0 Å². The van der Waals surface area contributed by atoms with Gasteiger partial charge in [0.2, 0.25) is 11.8 Å². The van der Waals surface area contributed by atoms with Crippen molar-refractivity contribution in [2.75, 3.05) is 6.54 Å². The molecular weight excluding hydrogens is 410 g/mol. The summed E-state index contributed by atoms with van der Waals surface area (Å²) in [6.45, 7) is 2.30. The topological polar surface area (TPSA) is 56.4 Å². The number of aromatic nitrogens is 1. The molecule has 1 saturated heterocycles. The van der Waals surface area contributed by atoms with Crippen molar-refractivity contribution in [3.05, 3.63) is 70.9 Å². The molecule has 0 spiro atoms. The lowest BCUT2D eigenvalue weighted by Crippen LogP contribution is -2.64. The van der Waals surface area contributed by atoms with Crippen molar-refractivity contribution in [1.82, 2.24) is 14.8 Å². The lowest BCUT2D eigenvalue weighted by molar-refractivity contribution is -0.161. The summed E-state index contributed by atoms with van der Waals surface area (Å²) in [6, 6.07) is 16.1. The first-order valence-electron chi connectivity index (χ1n) is 12.4. The number of carbonyl (C=O) groups is 2. The van der Waals surface area contributed by atoms with Crippen LogP contribution < -0.4 is 0 Å². The molecular formula is C28H31N3O2. The Labute approximate surface area is 194 Å². The van der Waals surface area contributed by atoms with Crippen molar-refractivity contribution in [3.63, 3.8) is 0 Å². The van der Waals surface area contributed by atoms with E-state index in [4.69, 9.17) is 0 Å². The van der Waals surface area contributed by atoms with E-state index in [0.717, 1.165) is 53.4 Å². The van der Waals surface area contributed by atoms with Crippen LogP contribution in [0.5, 0.6) is 0 Å². The summed E-state index contributed by atoms with van der Waals surface area (Å²) in [4.78, 5) is 35.2. The smallest absolute Gasteiger partial charge is 0.246 e. The Kier molecular flexibility index (Phi) is 5.01. The van der Waals surface area contributed by atoms with Crippen LogP contribution in [-0.4, -0.2) is 45.2 Å². The number of benzene rings is 2. The van der Waals surface area contributed by atoms with Crippen LogP contribution in [0.15, 0.2) is 48.5 Å². The predicted molar refractivity (Wildman–Crippen MR) is 129 cm³/mol. The van der Waals surface area contributed by atoms with Gasteiger partial charge in [-0.2, -0.15) is 0 Å². The molecule has 3 heterocycles. The maximum Gasteiger partial charge on any atom is 0.246 e. The molecule has 1 saturated carbocycles. The van der Waals surface area contributed by atoms with Gasteiger partial charge in [0.25, 0.3) is 0 Å². The zero-order chi connectivity index (χ0) is 22.5. The second kappa shape index (κ2) is 8.05. The van der Waals surface area contributed by atoms with Gasteiger partial charge in [-0.1, -0.05) is 68.1 Å². The number of fused-ring (bicyclic) bond motifs is 4. The van der Waals surface area contributed by atoms with Crippen LogP contribution in [0.25, 0.3) is 10.9 Å². The molecule has 2 atom stereocenters. The summed E-state index contributed by atoms with van der Waals surface area (Å²) >= 11 is 0. The number of amides is 2. The summed E-state index contributed by atoms with van der Waals surface area (Å²) in [7, 11) is 0. The fourth-order valence-electron chi connectivity index (χ4n) is 6.38. The van der Waals surface area contributed by atoms with E-state index in [1.807, 2.05) is 28.0 Å². The van der Waals surface area contributed by atoms with Gasteiger partial charge in [0.1, 0.15) is 12.6 Å². The van der Waals surface area contributed by atoms with Gasteiger partial charge in [-0.15, -0.1) is 0 Å². The summed E-state index contributed by atoms with van der Waals surface area (Å²) in [5.41, 5.74) is 5.55. The monoisotopic (exact) mass is 441 g/mol. The molecule has 0 radical (unpaired) electrons. The van der Waals surface area contributed by atoms with Gasteiger partial charge in [-0.05, 0) is 42.5 Å². The number of H-pyrrole nitrogens is 1. The zero-order valence-corrected chi connectivity index (χ0v) is 19.2. The molecule has 3 aliphatic rings. The molecule has 2 amide bonds. The number of piperazine rings is 1. The normalized spacial score (nSPS) is 24.0. The first kappa shape index (κ1) is 20.5. The molecule has 1 unspecified atom stereocenters. The summed E-state index contributed by atoms with van der Waals surface area (Å²) in [6.07, 6.45) is 7.38. The third-order valence-corrected chi connectivity index (χ3v) is 8.04. The predicted octanol–water partition coefficient (Wildman–Crippen LogP) is 4.88. The number of para-hydroxylation sites is 1. The number of nitrogens with one attached hydrogen (secondary N) is 1. The van der Waals surface area contributed by atoms with E-state index in [1.54, 1.807) is 0 Å². The number of hydrogen-bond donors (Lipinski definition) is 1. The first-order valence-corrected chi connectivity index (χ1v) is 12.4. The Hall–Kier alpha value is -3.08. The standard InChI is InChI=1S/C28H31N3O2/c1-18-10-6-7-13-20(18)27-26-22(21-14-8-9-15-23(21)29-26)16-24-28(33)30(17-25(32)31(24)27)19-11-4-2-3-5-12-19/h6-10,13-15,19,24,27,29H,2-5,11-12,16-17H2,1H3/t24-,27?/m0/s1. The number of aryl methyl sites for hydroxylation is 1. The molecule has 6 rings (SSSR count). The molecule has 2 fully saturated rings. The van der Waals surface area contributed by atoms with Gasteiger partial charge in [0, 0.05) is 29.1 Å². The van der Waals surface area contributed by atoms with Crippen LogP contribution in [0.3, 0.4) is 0 Å². The van der Waals surface area contributed by atoms with Gasteiger partial charge in [-0.25, -0.2) is 0 Å². The summed E-state index contributed by atoms with van der Waals surface area (Å²) in [5, 5.41) is 1.16. The molecule has 2 aromatic carbocycles. The highest BCUT2D eigenvalue weighted by Crippen LogP contribution is 2.43. The van der Waals surface area contributed by atoms with Gasteiger partial charge in [0.15, 0.2) is 0 Å². The Morgan fingerprint density at radius 3 is 2.42 bits per heavy atom. The maximum atomic E-state index is 14.0. The van der Waals surface area contributed by atoms with Crippen LogP contribution in [0, 0.1) is 6.92 Å². The minimum absolute atomic E-state index is 0.0707. The van der Waals surface area contributed by atoms with E-state index >= 15 is 0 Å². The average Bonchev–Trinajstić information content (AvgIpc) is 2.99. The molecule has 1 N–H and O–H groups in total. The highest BCUT2D eigenvalue weighted by molar-refractivity contribution is 5.98. The number of hydrogen-bond acceptors (Lipinski definition) is 2. The number of carbonyl (C=O) groups excluding carboxylic acids is 2. The molecule has 5 nitrogen and oxygen atoms in total. The van der Waals surface area contributed by atoms with Crippen LogP contribution in [0.4, 0.5) is 0 Å². The molecule has 1 aromatic heterocycles. The molecule has 170 valence electrons. The fourth-order valence-corrected chi connectivity index (χ4v) is 6.38. The minimum Gasteiger partial charge on any atom is -0.356 e. The van der Waals surface area contributed by atoms with E-state index in [1.165, 1.54) is 18.4 Å². The highest BCUT2D eigenvalue weighted by atomic mass is 16.2. The largest absolute Gasteiger partial charge is 0.356 e. The third kappa shape index (κ3) is 3.28. The van der Waals surface area contributed by atoms with Crippen molar-refractivity contribution in [3.8, 4) is 0 Å². The van der Waals surface area contributed by atoms with Crippen LogP contribution in [0.2, 0.25) is 0 Å². The second-order valence-corrected chi connectivity index (χ2v) is 9.95. The molecule has 0 bridgehead atoms. The van der Waals surface area contributed by atoms with Crippen molar-refractivity contribution in [2.24, 2.45) is 0 Å². The minimum atomic E-state index is -0.439. The molecule has 3 aromatic rings. The first-order chi connectivity index (χ1) is 16.1. The van der Waals surface area contributed by atoms with Crippen LogP contribution in [-0.2, 0) is 16.0 Å². The van der Waals surface area contributed by atoms with Crippen molar-refractivity contribution in [2.45, 2.75) is 70.0 Å². The lowest BCUT2D eigenvalue weighted by Gasteiger charge is -2.49. The Bertz CT molecular complexity index is 1220. The van der Waals surface area contributed by atoms with Gasteiger partial charge >= 0.3 is 0 Å². The molecule has 5 heteroatoms. The Morgan fingerprint density at radius 2 is 1.64 bits per heavy atom. The van der Waals surface area contributed by atoms with E-state index in [2.05, 4.69) is 42.2 Å². The molecule has 1 aliphatic carbocycles. The number of rotatable bonds is 2. The lowest BCUT2D eigenvalue weighted by atomic mass is 9.84. The van der Waals surface area contributed by atoms with Crippen LogP contribution in [0.1, 0.15) is 67.0 Å². The maximum absolute atomic E-state index is 14.0.